The Morgan fingerprint density at radius 3 is 2.77 bits per heavy atom. The fourth-order valence-corrected chi connectivity index (χ4v) is 6.98. The van der Waals surface area contributed by atoms with Crippen molar-refractivity contribution in [3.63, 3.8) is 0 Å². The second kappa shape index (κ2) is 7.09. The number of aromatic nitrogens is 2. The normalized spacial score (nSPS) is 22.0. The van der Waals surface area contributed by atoms with E-state index in [-0.39, 0.29) is 35.2 Å². The van der Waals surface area contributed by atoms with Gasteiger partial charge in [0, 0.05) is 22.3 Å². The summed E-state index contributed by atoms with van der Waals surface area (Å²) in [6.45, 7) is 2.11. The van der Waals surface area contributed by atoms with Crippen LogP contribution in [0.5, 0.6) is 0 Å². The zero-order valence-electron chi connectivity index (χ0n) is 14.6. The van der Waals surface area contributed by atoms with Crippen molar-refractivity contribution in [1.82, 2.24) is 14.9 Å². The molecule has 2 fully saturated rings. The number of amides is 1. The van der Waals surface area contributed by atoms with Crippen molar-refractivity contribution in [1.29, 1.82) is 0 Å². The average Bonchev–Trinajstić information content (AvgIpc) is 3.23. The Hall–Kier alpha value is -1.19. The van der Waals surface area contributed by atoms with Crippen LogP contribution < -0.4 is 0 Å². The van der Waals surface area contributed by atoms with Crippen LogP contribution in [0, 0.1) is 0 Å². The predicted molar refractivity (Wildman–Crippen MR) is 104 cm³/mol. The molecule has 1 saturated carbocycles. The Labute approximate surface area is 161 Å². The smallest absolute Gasteiger partial charge is 0.233 e. The summed E-state index contributed by atoms with van der Waals surface area (Å²) in [7, 11) is -3.00. The van der Waals surface area contributed by atoms with Gasteiger partial charge in [-0.3, -0.25) is 4.79 Å². The third-order valence-corrected chi connectivity index (χ3v) is 8.78. The third kappa shape index (κ3) is 3.75. The van der Waals surface area contributed by atoms with Crippen molar-refractivity contribution >= 4 is 49.1 Å². The Morgan fingerprint density at radius 1 is 1.31 bits per heavy atom. The van der Waals surface area contributed by atoms with Crippen LogP contribution in [0.1, 0.15) is 31.1 Å². The number of carbonyl (C=O) groups is 1. The maximum absolute atomic E-state index is 12.9. The van der Waals surface area contributed by atoms with E-state index in [2.05, 4.69) is 23.0 Å². The van der Waals surface area contributed by atoms with E-state index < -0.39 is 9.84 Å². The minimum Gasteiger partial charge on any atom is -0.335 e. The van der Waals surface area contributed by atoms with Crippen molar-refractivity contribution in [2.75, 3.05) is 17.3 Å². The fourth-order valence-electron chi connectivity index (χ4n) is 3.43. The molecule has 6 nitrogen and oxygen atoms in total. The zero-order chi connectivity index (χ0) is 18.3. The summed E-state index contributed by atoms with van der Waals surface area (Å²) >= 11 is 3.09. The summed E-state index contributed by atoms with van der Waals surface area (Å²) < 4.78 is 23.6. The zero-order valence-corrected chi connectivity index (χ0v) is 17.0. The molecule has 1 amide bonds. The van der Waals surface area contributed by atoms with Gasteiger partial charge in [-0.2, -0.15) is 0 Å². The fraction of sp³-hybridized carbons (Fsp3) is 0.588. The van der Waals surface area contributed by atoms with Crippen LogP contribution in [0.2, 0.25) is 0 Å². The molecular weight excluding hydrogens is 390 g/mol. The highest BCUT2D eigenvalue weighted by Crippen LogP contribution is 2.35. The van der Waals surface area contributed by atoms with Crippen LogP contribution in [0.25, 0.3) is 10.2 Å². The molecule has 3 heterocycles. The number of thioether (sulfide) groups is 1. The summed E-state index contributed by atoms with van der Waals surface area (Å²) in [5.41, 5.74) is 0. The molecule has 0 radical (unpaired) electrons. The Kier molecular flexibility index (Phi) is 4.96. The molecule has 2 aromatic rings. The minimum atomic E-state index is -3.00. The molecule has 1 atom stereocenters. The van der Waals surface area contributed by atoms with Crippen LogP contribution >= 0.6 is 23.1 Å². The summed E-state index contributed by atoms with van der Waals surface area (Å²) in [6, 6.07) is 2.17. The molecule has 1 saturated heterocycles. The molecule has 1 aliphatic carbocycles. The van der Waals surface area contributed by atoms with Crippen LogP contribution in [0.15, 0.2) is 17.4 Å². The van der Waals surface area contributed by atoms with Gasteiger partial charge in [0.05, 0.1) is 17.3 Å². The monoisotopic (exact) mass is 411 g/mol. The van der Waals surface area contributed by atoms with Gasteiger partial charge in [0.2, 0.25) is 5.91 Å². The quantitative estimate of drug-likeness (QED) is 0.537. The van der Waals surface area contributed by atoms with Crippen molar-refractivity contribution < 1.29 is 13.2 Å². The molecule has 140 valence electrons. The first-order valence-electron chi connectivity index (χ1n) is 8.84. The molecule has 26 heavy (non-hydrogen) atoms. The number of aryl methyl sites for hydroxylation is 1. The second-order valence-electron chi connectivity index (χ2n) is 6.84. The maximum atomic E-state index is 12.9. The highest BCUT2D eigenvalue weighted by Gasteiger charge is 2.41. The van der Waals surface area contributed by atoms with E-state index in [0.717, 1.165) is 34.5 Å². The summed E-state index contributed by atoms with van der Waals surface area (Å²) in [5.74, 6) is 0.624. The maximum Gasteiger partial charge on any atom is 0.233 e. The molecule has 9 heteroatoms. The van der Waals surface area contributed by atoms with Crippen molar-refractivity contribution in [3.8, 4) is 0 Å². The van der Waals surface area contributed by atoms with Crippen LogP contribution in [0.3, 0.4) is 0 Å². The van der Waals surface area contributed by atoms with Gasteiger partial charge in [-0.15, -0.1) is 11.3 Å². The Morgan fingerprint density at radius 2 is 2.12 bits per heavy atom. The van der Waals surface area contributed by atoms with Crippen LogP contribution in [0.4, 0.5) is 0 Å². The van der Waals surface area contributed by atoms with Gasteiger partial charge in [0.15, 0.2) is 9.84 Å². The highest BCUT2D eigenvalue weighted by molar-refractivity contribution is 8.00. The van der Waals surface area contributed by atoms with Gasteiger partial charge >= 0.3 is 0 Å². The minimum absolute atomic E-state index is 0.0253. The number of hydrogen-bond acceptors (Lipinski definition) is 7. The van der Waals surface area contributed by atoms with Gasteiger partial charge in [0.25, 0.3) is 0 Å². The van der Waals surface area contributed by atoms with Crippen molar-refractivity contribution in [2.45, 2.75) is 49.7 Å². The van der Waals surface area contributed by atoms with Crippen LogP contribution in [-0.2, 0) is 21.1 Å². The van der Waals surface area contributed by atoms with E-state index in [1.807, 2.05) is 4.90 Å². The molecule has 0 spiro atoms. The van der Waals surface area contributed by atoms with Gasteiger partial charge in [-0.25, -0.2) is 18.4 Å². The molecule has 1 aliphatic heterocycles. The van der Waals surface area contributed by atoms with Crippen LogP contribution in [-0.4, -0.2) is 58.5 Å². The first-order valence-corrected chi connectivity index (χ1v) is 12.5. The number of sulfone groups is 1. The summed E-state index contributed by atoms with van der Waals surface area (Å²) in [4.78, 5) is 25.6. The molecule has 4 rings (SSSR count). The van der Waals surface area contributed by atoms with E-state index >= 15 is 0 Å². The van der Waals surface area contributed by atoms with E-state index in [9.17, 15) is 13.2 Å². The molecule has 0 unspecified atom stereocenters. The SMILES string of the molecule is CCc1cc2c(SCC(=O)N(C3CC3)[C@H]3CCS(=O)(=O)C3)ncnc2s1. The molecule has 0 N–H and O–H groups in total. The second-order valence-corrected chi connectivity index (χ2v) is 11.1. The van der Waals surface area contributed by atoms with E-state index in [1.165, 1.54) is 16.6 Å². The molecule has 0 bridgehead atoms. The number of hydrogen-bond donors (Lipinski definition) is 0. The van der Waals surface area contributed by atoms with E-state index in [4.69, 9.17) is 0 Å². The topological polar surface area (TPSA) is 80.2 Å². The lowest BCUT2D eigenvalue weighted by Crippen LogP contribution is -2.43. The number of thiophene rings is 1. The number of nitrogens with zero attached hydrogens (tertiary/aromatic N) is 3. The van der Waals surface area contributed by atoms with E-state index in [1.54, 1.807) is 17.7 Å². The molecule has 2 aromatic heterocycles. The highest BCUT2D eigenvalue weighted by atomic mass is 32.2. The lowest BCUT2D eigenvalue weighted by Gasteiger charge is -2.28. The van der Waals surface area contributed by atoms with Crippen molar-refractivity contribution in [3.05, 3.63) is 17.3 Å². The number of fused-ring (bicyclic) bond motifs is 1. The number of rotatable bonds is 6. The number of carbonyl (C=O) groups excluding carboxylic acids is 1. The van der Waals surface area contributed by atoms with Gasteiger partial charge in [-0.05, 0) is 31.7 Å². The predicted octanol–water partition coefficient (Wildman–Crippen LogP) is 2.52. The Balaban J connectivity index is 1.48. The molecule has 0 aromatic carbocycles. The van der Waals surface area contributed by atoms with E-state index in [0.29, 0.717) is 6.42 Å². The van der Waals surface area contributed by atoms with Gasteiger partial charge in [0.1, 0.15) is 16.2 Å². The first kappa shape index (κ1) is 18.2. The third-order valence-electron chi connectivity index (χ3n) is 4.85. The van der Waals surface area contributed by atoms with Gasteiger partial charge in [-0.1, -0.05) is 18.7 Å². The first-order chi connectivity index (χ1) is 12.5. The summed E-state index contributed by atoms with van der Waals surface area (Å²) in [5, 5.41) is 1.84. The summed E-state index contributed by atoms with van der Waals surface area (Å²) in [6.07, 6.45) is 5.03. The largest absolute Gasteiger partial charge is 0.335 e. The lowest BCUT2D eigenvalue weighted by atomic mass is 10.2. The van der Waals surface area contributed by atoms with Gasteiger partial charge < -0.3 is 4.90 Å². The average molecular weight is 412 g/mol. The Bertz CT molecular complexity index is 937. The molecular formula is C17H21N3O3S3. The molecule has 2 aliphatic rings. The standard InChI is InChI=1S/C17H21N3O3S3/c1-2-13-7-14-16(18-10-19-17(14)25-13)24-8-15(21)20(11-3-4-11)12-5-6-26(22,23)9-12/h7,10-12H,2-6,8-9H2,1H3/t12-/m0/s1. The lowest BCUT2D eigenvalue weighted by molar-refractivity contribution is -0.130. The van der Waals surface area contributed by atoms with Crippen molar-refractivity contribution in [2.24, 2.45) is 0 Å².